The number of alkyl halides is 3. The normalized spacial score (nSPS) is 26.7. The molecular weight excluding hydrogens is 463 g/mol. The largest absolute Gasteiger partial charge is 0.417 e. The van der Waals surface area contributed by atoms with Crippen LogP contribution in [0.1, 0.15) is 73.7 Å². The van der Waals surface area contributed by atoms with Gasteiger partial charge in [0.25, 0.3) is 5.91 Å². The Labute approximate surface area is 192 Å². The van der Waals surface area contributed by atoms with Crippen molar-refractivity contribution in [1.29, 1.82) is 0 Å². The van der Waals surface area contributed by atoms with E-state index in [2.05, 4.69) is 5.32 Å². The minimum Gasteiger partial charge on any atom is -0.351 e. The first kappa shape index (κ1) is 23.9. The van der Waals surface area contributed by atoms with Crippen molar-refractivity contribution in [3.05, 3.63) is 34.3 Å². The Bertz CT molecular complexity index is 963. The van der Waals surface area contributed by atoms with Crippen LogP contribution in [0, 0.1) is 17.3 Å². The van der Waals surface area contributed by atoms with Crippen LogP contribution in [0.4, 0.5) is 13.2 Å². The van der Waals surface area contributed by atoms with E-state index in [9.17, 15) is 26.4 Å². The Morgan fingerprint density at radius 2 is 1.69 bits per heavy atom. The van der Waals surface area contributed by atoms with Gasteiger partial charge in [0.2, 0.25) is 0 Å². The topological polar surface area (TPSA) is 63.2 Å². The predicted molar refractivity (Wildman–Crippen MR) is 117 cm³/mol. The molecule has 0 unspecified atom stereocenters. The van der Waals surface area contributed by atoms with E-state index in [1.54, 1.807) is 0 Å². The summed E-state index contributed by atoms with van der Waals surface area (Å²) in [7, 11) is -3.09. The Morgan fingerprint density at radius 1 is 1.06 bits per heavy atom. The first-order valence-electron chi connectivity index (χ1n) is 11.3. The van der Waals surface area contributed by atoms with Crippen LogP contribution in [0.25, 0.3) is 0 Å². The third-order valence-electron chi connectivity index (χ3n) is 7.26. The highest BCUT2D eigenvalue weighted by atomic mass is 35.5. The third kappa shape index (κ3) is 5.61. The molecule has 3 saturated carbocycles. The molecular formula is C23H29ClF3NO3S. The lowest BCUT2D eigenvalue weighted by molar-refractivity contribution is -0.137. The second-order valence-electron chi connectivity index (χ2n) is 9.97. The van der Waals surface area contributed by atoms with E-state index in [1.807, 2.05) is 0 Å². The highest BCUT2D eigenvalue weighted by Crippen LogP contribution is 2.49. The molecule has 9 heteroatoms. The van der Waals surface area contributed by atoms with Gasteiger partial charge in [-0.2, -0.15) is 13.2 Å². The molecule has 0 aromatic heterocycles. The van der Waals surface area contributed by atoms with E-state index in [0.29, 0.717) is 44.1 Å². The summed E-state index contributed by atoms with van der Waals surface area (Å²) >= 11 is 5.91. The molecule has 1 aromatic rings. The maximum absolute atomic E-state index is 13.1. The van der Waals surface area contributed by atoms with Gasteiger partial charge in [-0.1, -0.05) is 30.5 Å². The van der Waals surface area contributed by atoms with Crippen LogP contribution in [-0.2, 0) is 16.0 Å². The number of hydrogen-bond donors (Lipinski definition) is 1. The minimum absolute atomic E-state index is 0.191. The van der Waals surface area contributed by atoms with Gasteiger partial charge in [-0.25, -0.2) is 8.42 Å². The summed E-state index contributed by atoms with van der Waals surface area (Å²) < 4.78 is 64.8. The number of carbonyl (C=O) groups excluding carboxylic acids is 1. The van der Waals surface area contributed by atoms with Crippen molar-refractivity contribution >= 4 is 27.3 Å². The van der Waals surface area contributed by atoms with Crippen LogP contribution in [-0.4, -0.2) is 31.9 Å². The second kappa shape index (κ2) is 8.82. The van der Waals surface area contributed by atoms with Gasteiger partial charge in [-0.3, -0.25) is 4.79 Å². The molecule has 4 rings (SSSR count). The maximum Gasteiger partial charge on any atom is 0.417 e. The summed E-state index contributed by atoms with van der Waals surface area (Å²) in [6.45, 7) is 0.324. The van der Waals surface area contributed by atoms with Gasteiger partial charge in [0, 0.05) is 6.54 Å². The van der Waals surface area contributed by atoms with E-state index in [0.717, 1.165) is 38.2 Å². The Morgan fingerprint density at radius 3 is 2.25 bits per heavy atom. The summed E-state index contributed by atoms with van der Waals surface area (Å²) in [6.07, 6.45) is 3.14. The molecule has 0 radical (unpaired) electrons. The standard InChI is InChI=1S/C23H29ClF3NO3S/c24-20-18(2-1-3-19(20)23(25,26)27)21(29)28-14-22(12-15-4-5-15)10-8-17(9-11-22)32(30,31)13-16-6-7-16/h1-3,15-17H,4-14H2,(H,28,29). The van der Waals surface area contributed by atoms with Crippen molar-refractivity contribution in [3.8, 4) is 0 Å². The summed E-state index contributed by atoms with van der Waals surface area (Å²) in [6, 6.07) is 3.33. The van der Waals surface area contributed by atoms with E-state index in [-0.39, 0.29) is 22.0 Å². The zero-order chi connectivity index (χ0) is 23.1. The summed E-state index contributed by atoms with van der Waals surface area (Å²) in [4.78, 5) is 12.7. The average Bonchev–Trinajstić information content (AvgIpc) is 3.64. The summed E-state index contributed by atoms with van der Waals surface area (Å²) in [5, 5.41) is 1.91. The fraction of sp³-hybridized carbons (Fsp3) is 0.696. The molecule has 3 fully saturated rings. The molecule has 32 heavy (non-hydrogen) atoms. The molecule has 0 saturated heterocycles. The highest BCUT2D eigenvalue weighted by molar-refractivity contribution is 7.92. The monoisotopic (exact) mass is 491 g/mol. The molecule has 178 valence electrons. The molecule has 0 atom stereocenters. The number of amides is 1. The average molecular weight is 492 g/mol. The smallest absolute Gasteiger partial charge is 0.351 e. The van der Waals surface area contributed by atoms with E-state index in [1.165, 1.54) is 12.1 Å². The minimum atomic E-state index is -4.63. The van der Waals surface area contributed by atoms with Crippen LogP contribution in [0.5, 0.6) is 0 Å². The maximum atomic E-state index is 13.1. The van der Waals surface area contributed by atoms with Gasteiger partial charge >= 0.3 is 6.18 Å². The summed E-state index contributed by atoms with van der Waals surface area (Å²) in [5.74, 6) is 0.580. The summed E-state index contributed by atoms with van der Waals surface area (Å²) in [5.41, 5.74) is -1.43. The van der Waals surface area contributed by atoms with Crippen LogP contribution in [0.2, 0.25) is 5.02 Å². The number of carbonyl (C=O) groups is 1. The third-order valence-corrected chi connectivity index (χ3v) is 10.1. The molecule has 3 aliphatic carbocycles. The number of halogens is 4. The number of rotatable bonds is 8. The second-order valence-corrected chi connectivity index (χ2v) is 12.7. The molecule has 1 N–H and O–H groups in total. The number of hydrogen-bond acceptors (Lipinski definition) is 3. The molecule has 0 heterocycles. The van der Waals surface area contributed by atoms with Crippen LogP contribution < -0.4 is 5.32 Å². The van der Waals surface area contributed by atoms with Crippen molar-refractivity contribution in [1.82, 2.24) is 5.32 Å². The molecule has 0 bridgehead atoms. The predicted octanol–water partition coefficient (Wildman–Crippen LogP) is 5.64. The Balaban J connectivity index is 1.42. The highest BCUT2D eigenvalue weighted by Gasteiger charge is 2.44. The van der Waals surface area contributed by atoms with Crippen molar-refractivity contribution in [3.63, 3.8) is 0 Å². The molecule has 0 spiro atoms. The number of benzene rings is 1. The lowest BCUT2D eigenvalue weighted by atomic mass is 9.70. The van der Waals surface area contributed by atoms with Crippen molar-refractivity contribution in [2.75, 3.05) is 12.3 Å². The quantitative estimate of drug-likeness (QED) is 0.511. The zero-order valence-corrected chi connectivity index (χ0v) is 19.5. The van der Waals surface area contributed by atoms with Crippen LogP contribution in [0.3, 0.4) is 0 Å². The van der Waals surface area contributed by atoms with Crippen LogP contribution >= 0.6 is 11.6 Å². The Kier molecular flexibility index (Phi) is 6.58. The van der Waals surface area contributed by atoms with Crippen molar-refractivity contribution in [2.24, 2.45) is 17.3 Å². The molecule has 3 aliphatic rings. The molecule has 1 aromatic carbocycles. The zero-order valence-electron chi connectivity index (χ0n) is 17.9. The van der Waals surface area contributed by atoms with Crippen LogP contribution in [0.15, 0.2) is 18.2 Å². The fourth-order valence-electron chi connectivity index (χ4n) is 4.99. The van der Waals surface area contributed by atoms with Gasteiger partial charge in [0.05, 0.1) is 27.2 Å². The van der Waals surface area contributed by atoms with Gasteiger partial charge in [0.1, 0.15) is 0 Å². The van der Waals surface area contributed by atoms with E-state index >= 15 is 0 Å². The molecule has 0 aliphatic heterocycles. The number of sulfone groups is 1. The Hall–Kier alpha value is -1.28. The van der Waals surface area contributed by atoms with Crippen molar-refractivity contribution in [2.45, 2.75) is 69.2 Å². The van der Waals surface area contributed by atoms with E-state index in [4.69, 9.17) is 11.6 Å². The van der Waals surface area contributed by atoms with Crippen molar-refractivity contribution < 1.29 is 26.4 Å². The first-order valence-corrected chi connectivity index (χ1v) is 13.4. The SMILES string of the molecule is O=C(NCC1(CC2CC2)CCC(S(=O)(=O)CC2CC2)CC1)c1cccc(C(F)(F)F)c1Cl. The van der Waals surface area contributed by atoms with E-state index < -0.39 is 32.5 Å². The lowest BCUT2D eigenvalue weighted by Crippen LogP contribution is -2.43. The first-order chi connectivity index (χ1) is 15.0. The lowest BCUT2D eigenvalue weighted by Gasteiger charge is -2.40. The van der Waals surface area contributed by atoms with Gasteiger partial charge < -0.3 is 5.32 Å². The molecule has 1 amide bonds. The number of nitrogens with one attached hydrogen (secondary N) is 1. The molecule has 4 nitrogen and oxygen atoms in total. The van der Waals surface area contributed by atoms with Gasteiger partial charge in [-0.15, -0.1) is 0 Å². The van der Waals surface area contributed by atoms with Gasteiger partial charge in [-0.05, 0) is 74.3 Å². The van der Waals surface area contributed by atoms with Gasteiger partial charge in [0.15, 0.2) is 9.84 Å². The fourth-order valence-corrected chi connectivity index (χ4v) is 7.52.